The van der Waals surface area contributed by atoms with E-state index in [-0.39, 0.29) is 4.90 Å². The van der Waals surface area contributed by atoms with E-state index in [1.54, 1.807) is 12.1 Å². The number of halogens is 1. The quantitative estimate of drug-likeness (QED) is 0.728. The molecule has 1 rings (SSSR count). The van der Waals surface area contributed by atoms with Crippen LogP contribution in [0.15, 0.2) is 33.6 Å². The summed E-state index contributed by atoms with van der Waals surface area (Å²) in [5.74, 6) is -1.50. The number of rotatable bonds is 5. The van der Waals surface area contributed by atoms with Crippen molar-refractivity contribution in [1.82, 2.24) is 4.72 Å². The number of nitrogens with one attached hydrogen (secondary N) is 1. The third kappa shape index (κ3) is 3.77. The zero-order chi connectivity index (χ0) is 14.0. The molecule has 1 aromatic rings. The number of hydrogen-bond acceptors (Lipinski definition) is 4. The Bertz CT molecular complexity index is 538. The smallest absolute Gasteiger partial charge is 0.336 e. The van der Waals surface area contributed by atoms with E-state index in [4.69, 9.17) is 5.11 Å². The number of aliphatic carboxylic acids is 1. The van der Waals surface area contributed by atoms with Crippen molar-refractivity contribution in [2.45, 2.75) is 17.4 Å². The first kappa shape index (κ1) is 15.1. The average molecular weight is 338 g/mol. The fraction of sp³-hybridized carbons (Fsp3) is 0.300. The number of carboxylic acid groups (broad SMARTS) is 1. The van der Waals surface area contributed by atoms with Gasteiger partial charge in [-0.1, -0.05) is 15.9 Å². The Morgan fingerprint density at radius 3 is 2.33 bits per heavy atom. The number of benzene rings is 1. The van der Waals surface area contributed by atoms with Crippen molar-refractivity contribution in [2.75, 3.05) is 6.54 Å². The van der Waals surface area contributed by atoms with Gasteiger partial charge < -0.3 is 10.2 Å². The number of hydrogen-bond donors (Lipinski definition) is 3. The Kier molecular flexibility index (Phi) is 4.49. The maximum atomic E-state index is 11.8. The van der Waals surface area contributed by atoms with Gasteiger partial charge >= 0.3 is 5.97 Å². The fourth-order valence-electron chi connectivity index (χ4n) is 1.01. The van der Waals surface area contributed by atoms with Gasteiger partial charge in [0.25, 0.3) is 0 Å². The Balaban J connectivity index is 2.84. The van der Waals surface area contributed by atoms with Crippen LogP contribution in [0.1, 0.15) is 6.92 Å². The molecule has 0 spiro atoms. The van der Waals surface area contributed by atoms with Gasteiger partial charge in [-0.2, -0.15) is 0 Å². The van der Waals surface area contributed by atoms with E-state index in [1.807, 2.05) is 4.72 Å². The summed E-state index contributed by atoms with van der Waals surface area (Å²) in [7, 11) is -3.84. The highest BCUT2D eigenvalue weighted by molar-refractivity contribution is 9.10. The van der Waals surface area contributed by atoms with Crippen molar-refractivity contribution in [3.05, 3.63) is 28.7 Å². The van der Waals surface area contributed by atoms with Crippen molar-refractivity contribution in [3.63, 3.8) is 0 Å². The van der Waals surface area contributed by atoms with E-state index in [9.17, 15) is 18.3 Å². The molecule has 6 nitrogen and oxygen atoms in total. The molecule has 0 saturated heterocycles. The molecule has 1 unspecified atom stereocenters. The monoisotopic (exact) mass is 337 g/mol. The summed E-state index contributed by atoms with van der Waals surface area (Å²) in [6.07, 6.45) is 0. The van der Waals surface area contributed by atoms with Crippen molar-refractivity contribution < 1.29 is 23.4 Å². The SMILES string of the molecule is CC(O)(CNS(=O)(=O)c1ccc(Br)cc1)C(=O)O. The van der Waals surface area contributed by atoms with Gasteiger partial charge in [-0.15, -0.1) is 0 Å². The van der Waals surface area contributed by atoms with E-state index >= 15 is 0 Å². The van der Waals surface area contributed by atoms with E-state index in [0.29, 0.717) is 0 Å². The first-order chi connectivity index (χ1) is 8.15. The zero-order valence-corrected chi connectivity index (χ0v) is 11.8. The summed E-state index contributed by atoms with van der Waals surface area (Å²) in [4.78, 5) is 10.6. The maximum Gasteiger partial charge on any atom is 0.336 e. The second-order valence-electron chi connectivity index (χ2n) is 3.86. The van der Waals surface area contributed by atoms with Crippen molar-refractivity contribution in [2.24, 2.45) is 0 Å². The van der Waals surface area contributed by atoms with E-state index in [1.165, 1.54) is 12.1 Å². The Labute approximate surface area is 113 Å². The zero-order valence-electron chi connectivity index (χ0n) is 9.42. The van der Waals surface area contributed by atoms with Crippen molar-refractivity contribution in [3.8, 4) is 0 Å². The summed E-state index contributed by atoms with van der Waals surface area (Å²) in [6, 6.07) is 5.82. The molecule has 0 aromatic heterocycles. The molecule has 0 heterocycles. The van der Waals surface area contributed by atoms with Crippen LogP contribution in [0.5, 0.6) is 0 Å². The van der Waals surface area contributed by atoms with E-state index in [2.05, 4.69) is 15.9 Å². The number of aliphatic hydroxyl groups is 1. The number of carboxylic acids is 1. The third-order valence-corrected chi connectivity index (χ3v) is 4.14. The van der Waals surface area contributed by atoms with Gasteiger partial charge in [0.1, 0.15) is 0 Å². The van der Waals surface area contributed by atoms with Gasteiger partial charge in [-0.25, -0.2) is 17.9 Å². The Morgan fingerprint density at radius 1 is 1.39 bits per heavy atom. The average Bonchev–Trinajstić information content (AvgIpc) is 2.27. The minimum atomic E-state index is -3.84. The molecular weight excluding hydrogens is 326 g/mol. The molecule has 0 amide bonds. The summed E-state index contributed by atoms with van der Waals surface area (Å²) >= 11 is 3.17. The molecular formula is C10H12BrNO5S. The van der Waals surface area contributed by atoms with Crippen LogP contribution in [0, 0.1) is 0 Å². The number of carbonyl (C=O) groups is 1. The molecule has 0 aliphatic heterocycles. The Hall–Kier alpha value is -0.960. The van der Waals surface area contributed by atoms with Gasteiger partial charge in [0.2, 0.25) is 10.0 Å². The molecule has 0 radical (unpaired) electrons. The van der Waals surface area contributed by atoms with Crippen LogP contribution in [0.25, 0.3) is 0 Å². The maximum absolute atomic E-state index is 11.8. The molecule has 0 aliphatic carbocycles. The van der Waals surface area contributed by atoms with Crippen LogP contribution in [0.3, 0.4) is 0 Å². The largest absolute Gasteiger partial charge is 0.479 e. The highest BCUT2D eigenvalue weighted by Crippen LogP contribution is 2.15. The normalized spacial score (nSPS) is 15.1. The van der Waals surface area contributed by atoms with E-state index in [0.717, 1.165) is 11.4 Å². The fourth-order valence-corrected chi connectivity index (χ4v) is 2.40. The van der Waals surface area contributed by atoms with Crippen LogP contribution in [0.4, 0.5) is 0 Å². The minimum Gasteiger partial charge on any atom is -0.479 e. The van der Waals surface area contributed by atoms with Gasteiger partial charge in [0.05, 0.1) is 11.4 Å². The lowest BCUT2D eigenvalue weighted by Crippen LogP contribution is -2.46. The predicted octanol–water partition coefficient (Wildman–Crippen LogP) is 0.563. The lowest BCUT2D eigenvalue weighted by molar-refractivity contribution is -0.155. The Morgan fingerprint density at radius 2 is 1.89 bits per heavy atom. The van der Waals surface area contributed by atoms with Gasteiger partial charge in [-0.05, 0) is 31.2 Å². The summed E-state index contributed by atoms with van der Waals surface area (Å²) in [5.41, 5.74) is -2.15. The molecule has 1 atom stereocenters. The van der Waals surface area contributed by atoms with Gasteiger partial charge in [0.15, 0.2) is 5.60 Å². The molecule has 1 aromatic carbocycles. The molecule has 0 fully saturated rings. The molecule has 8 heteroatoms. The third-order valence-electron chi connectivity index (χ3n) is 2.19. The first-order valence-electron chi connectivity index (χ1n) is 4.86. The van der Waals surface area contributed by atoms with Gasteiger partial charge in [0, 0.05) is 4.47 Å². The van der Waals surface area contributed by atoms with E-state index < -0.39 is 28.1 Å². The standard InChI is InChI=1S/C10H12BrNO5S/c1-10(15,9(13)14)6-12-18(16,17)8-4-2-7(11)3-5-8/h2-5,12,15H,6H2,1H3,(H,13,14). The lowest BCUT2D eigenvalue weighted by atomic mass is 10.1. The second-order valence-corrected chi connectivity index (χ2v) is 6.54. The number of sulfonamides is 1. The van der Waals surface area contributed by atoms with Crippen LogP contribution in [-0.4, -0.2) is 36.7 Å². The van der Waals surface area contributed by atoms with Crippen LogP contribution in [-0.2, 0) is 14.8 Å². The molecule has 0 bridgehead atoms. The second kappa shape index (κ2) is 5.35. The predicted molar refractivity (Wildman–Crippen MR) is 67.6 cm³/mol. The molecule has 3 N–H and O–H groups in total. The first-order valence-corrected chi connectivity index (χ1v) is 7.14. The lowest BCUT2D eigenvalue weighted by Gasteiger charge is -2.18. The van der Waals surface area contributed by atoms with Crippen molar-refractivity contribution >= 4 is 31.9 Å². The molecule has 100 valence electrons. The molecule has 0 aliphatic rings. The van der Waals surface area contributed by atoms with Gasteiger partial charge in [-0.3, -0.25) is 0 Å². The summed E-state index contributed by atoms with van der Waals surface area (Å²) in [6.45, 7) is 0.403. The molecule has 18 heavy (non-hydrogen) atoms. The van der Waals surface area contributed by atoms with Crippen molar-refractivity contribution in [1.29, 1.82) is 0 Å². The van der Waals surface area contributed by atoms with Crippen LogP contribution >= 0.6 is 15.9 Å². The molecule has 0 saturated carbocycles. The minimum absolute atomic E-state index is 0.00751. The van der Waals surface area contributed by atoms with Crippen LogP contribution in [0.2, 0.25) is 0 Å². The summed E-state index contributed by atoms with van der Waals surface area (Å²) in [5, 5.41) is 18.1. The van der Waals surface area contributed by atoms with Crippen LogP contribution < -0.4 is 4.72 Å². The highest BCUT2D eigenvalue weighted by Gasteiger charge is 2.31. The topological polar surface area (TPSA) is 104 Å². The summed E-state index contributed by atoms with van der Waals surface area (Å²) < 4.78 is 26.3. The highest BCUT2D eigenvalue weighted by atomic mass is 79.9.